The smallest absolute Gasteiger partial charge is 0.353 e. The molecule has 0 aliphatic carbocycles. The summed E-state index contributed by atoms with van der Waals surface area (Å²) in [6, 6.07) is 5.42. The number of nitrogen functional groups attached to an aromatic ring is 1. The Balaban J connectivity index is 2.04. The van der Waals surface area contributed by atoms with E-state index in [0.717, 1.165) is 11.1 Å². The van der Waals surface area contributed by atoms with Gasteiger partial charge in [0.2, 0.25) is 0 Å². The topological polar surface area (TPSA) is 106 Å². The maximum atomic E-state index is 11.9. The molecule has 3 rings (SSSR count). The number of aromatic amines is 1. The average molecular weight is 272 g/mol. The fraction of sp³-hybridized carbons (Fsp3) is 0.167. The zero-order valence-electron chi connectivity index (χ0n) is 11.1. The Morgan fingerprint density at radius 2 is 2.25 bits per heavy atom. The number of aromatic nitrogens is 5. The summed E-state index contributed by atoms with van der Waals surface area (Å²) in [5, 5.41) is 11.4. The van der Waals surface area contributed by atoms with E-state index in [4.69, 9.17) is 5.73 Å². The molecular formula is C12H14N7O+. The number of hydrogen-bond donors (Lipinski definition) is 3. The lowest BCUT2D eigenvalue weighted by molar-refractivity contribution is -0.713. The SMILES string of the molecule is Cn1ncc2cc(Nc3nc(N)[nH][n+]3C)ccc2c1=O. The number of benzene rings is 1. The fourth-order valence-electron chi connectivity index (χ4n) is 2.00. The molecule has 0 saturated heterocycles. The van der Waals surface area contributed by atoms with Crippen molar-refractivity contribution in [3.63, 3.8) is 0 Å². The van der Waals surface area contributed by atoms with E-state index in [0.29, 0.717) is 17.3 Å². The molecule has 0 radical (unpaired) electrons. The van der Waals surface area contributed by atoms with Gasteiger partial charge in [0.15, 0.2) is 0 Å². The van der Waals surface area contributed by atoms with Crippen LogP contribution in [0.1, 0.15) is 0 Å². The third-order valence-corrected chi connectivity index (χ3v) is 3.03. The first-order chi connectivity index (χ1) is 9.54. The Kier molecular flexibility index (Phi) is 2.63. The lowest BCUT2D eigenvalue weighted by Gasteiger charge is -2.02. The zero-order valence-corrected chi connectivity index (χ0v) is 11.1. The van der Waals surface area contributed by atoms with Gasteiger partial charge in [-0.15, -0.1) is 0 Å². The van der Waals surface area contributed by atoms with Gasteiger partial charge in [-0.05, 0) is 23.2 Å². The van der Waals surface area contributed by atoms with E-state index in [9.17, 15) is 4.79 Å². The van der Waals surface area contributed by atoms with E-state index in [1.807, 2.05) is 12.1 Å². The molecule has 0 fully saturated rings. The molecule has 4 N–H and O–H groups in total. The van der Waals surface area contributed by atoms with Gasteiger partial charge >= 0.3 is 11.9 Å². The van der Waals surface area contributed by atoms with Crippen molar-refractivity contribution in [3.05, 3.63) is 34.7 Å². The summed E-state index contributed by atoms with van der Waals surface area (Å²) >= 11 is 0. The summed E-state index contributed by atoms with van der Waals surface area (Å²) in [6.45, 7) is 0. The van der Waals surface area contributed by atoms with Gasteiger partial charge in [0.05, 0.1) is 24.3 Å². The van der Waals surface area contributed by atoms with Gasteiger partial charge in [-0.2, -0.15) is 9.78 Å². The van der Waals surface area contributed by atoms with Crippen LogP contribution >= 0.6 is 0 Å². The van der Waals surface area contributed by atoms with Gasteiger partial charge in [-0.1, -0.05) is 0 Å². The predicted octanol–water partition coefficient (Wildman–Crippen LogP) is -0.193. The van der Waals surface area contributed by atoms with Gasteiger partial charge < -0.3 is 5.73 Å². The molecule has 0 spiro atoms. The van der Waals surface area contributed by atoms with Crippen LogP contribution in [-0.2, 0) is 14.1 Å². The second kappa shape index (κ2) is 4.34. The first kappa shape index (κ1) is 12.2. The molecule has 8 heteroatoms. The molecular weight excluding hydrogens is 258 g/mol. The molecule has 102 valence electrons. The molecule has 8 nitrogen and oxygen atoms in total. The molecule has 0 aliphatic rings. The Labute approximate surface area is 113 Å². The number of nitrogens with zero attached hydrogens (tertiary/aromatic N) is 4. The van der Waals surface area contributed by atoms with E-state index >= 15 is 0 Å². The van der Waals surface area contributed by atoms with Crippen LogP contribution < -0.4 is 21.3 Å². The molecule has 0 saturated carbocycles. The van der Waals surface area contributed by atoms with Crippen LogP contribution in [0.25, 0.3) is 10.8 Å². The van der Waals surface area contributed by atoms with E-state index in [-0.39, 0.29) is 5.56 Å². The van der Waals surface area contributed by atoms with Gasteiger partial charge in [0.1, 0.15) is 0 Å². The fourth-order valence-corrected chi connectivity index (χ4v) is 2.00. The molecule has 0 atom stereocenters. The number of rotatable bonds is 2. The van der Waals surface area contributed by atoms with Crippen LogP contribution in [-0.4, -0.2) is 19.9 Å². The van der Waals surface area contributed by atoms with Crippen molar-refractivity contribution in [2.45, 2.75) is 0 Å². The molecule has 2 heterocycles. The van der Waals surface area contributed by atoms with Crippen molar-refractivity contribution < 1.29 is 4.68 Å². The maximum Gasteiger partial charge on any atom is 0.417 e. The van der Waals surface area contributed by atoms with E-state index < -0.39 is 0 Å². The Hall–Kier alpha value is -2.90. The summed E-state index contributed by atoms with van der Waals surface area (Å²) < 4.78 is 2.98. The highest BCUT2D eigenvalue weighted by Gasteiger charge is 2.14. The quantitative estimate of drug-likeness (QED) is 0.561. The molecule has 0 bridgehead atoms. The first-order valence-electron chi connectivity index (χ1n) is 5.99. The van der Waals surface area contributed by atoms with Crippen LogP contribution in [0.3, 0.4) is 0 Å². The first-order valence-corrected chi connectivity index (χ1v) is 5.99. The Morgan fingerprint density at radius 3 is 2.95 bits per heavy atom. The highest BCUT2D eigenvalue weighted by atomic mass is 16.1. The minimum atomic E-state index is -0.122. The van der Waals surface area contributed by atoms with Crippen molar-refractivity contribution in [1.82, 2.24) is 19.9 Å². The van der Waals surface area contributed by atoms with Crippen LogP contribution in [0.5, 0.6) is 0 Å². The largest absolute Gasteiger partial charge is 0.417 e. The van der Waals surface area contributed by atoms with Gasteiger partial charge in [-0.25, -0.2) is 15.1 Å². The minimum absolute atomic E-state index is 0.122. The number of nitrogens with one attached hydrogen (secondary N) is 2. The number of nitrogens with two attached hydrogens (primary N) is 1. The third kappa shape index (κ3) is 1.96. The monoisotopic (exact) mass is 272 g/mol. The van der Waals surface area contributed by atoms with Gasteiger partial charge in [0, 0.05) is 12.4 Å². The van der Waals surface area contributed by atoms with E-state index in [1.54, 1.807) is 31.0 Å². The van der Waals surface area contributed by atoms with Crippen molar-refractivity contribution in [3.8, 4) is 0 Å². The number of anilines is 3. The number of H-pyrrole nitrogens is 1. The van der Waals surface area contributed by atoms with Crippen LogP contribution in [0.15, 0.2) is 29.2 Å². The Bertz CT molecular complexity index is 849. The Morgan fingerprint density at radius 1 is 1.45 bits per heavy atom. The van der Waals surface area contributed by atoms with Crippen molar-refractivity contribution >= 4 is 28.4 Å². The highest BCUT2D eigenvalue weighted by Crippen LogP contribution is 2.17. The van der Waals surface area contributed by atoms with Crippen molar-refractivity contribution in [2.24, 2.45) is 14.1 Å². The number of aryl methyl sites for hydroxylation is 2. The molecule has 1 aromatic carbocycles. The maximum absolute atomic E-state index is 11.9. The average Bonchev–Trinajstić information content (AvgIpc) is 2.72. The van der Waals surface area contributed by atoms with Gasteiger partial charge in [0.25, 0.3) is 5.56 Å². The normalized spacial score (nSPS) is 10.9. The molecule has 20 heavy (non-hydrogen) atoms. The lowest BCUT2D eigenvalue weighted by Crippen LogP contribution is -2.32. The van der Waals surface area contributed by atoms with E-state index in [1.165, 1.54) is 4.68 Å². The molecule has 0 amide bonds. The molecule has 0 unspecified atom stereocenters. The molecule has 0 aliphatic heterocycles. The van der Waals surface area contributed by atoms with E-state index in [2.05, 4.69) is 20.5 Å². The predicted molar refractivity (Wildman–Crippen MR) is 74.4 cm³/mol. The summed E-state index contributed by atoms with van der Waals surface area (Å²) in [7, 11) is 3.42. The van der Waals surface area contributed by atoms with Crippen LogP contribution in [0.4, 0.5) is 17.6 Å². The second-order valence-corrected chi connectivity index (χ2v) is 4.49. The van der Waals surface area contributed by atoms with Crippen molar-refractivity contribution in [1.29, 1.82) is 0 Å². The standard InChI is InChI=1S/C12H13N7O/c1-18-10(20)9-4-3-8(5-7(9)6-14-18)15-12-16-11(13)17-19(12)2/h3-6H,1-2H3,(H3,13,15,16,17,20)/p+1. The summed E-state index contributed by atoms with van der Waals surface area (Å²) in [5.41, 5.74) is 6.26. The number of hydrogen-bond acceptors (Lipinski definition) is 5. The summed E-state index contributed by atoms with van der Waals surface area (Å²) in [4.78, 5) is 16.0. The second-order valence-electron chi connectivity index (χ2n) is 4.49. The number of fused-ring (bicyclic) bond motifs is 1. The van der Waals surface area contributed by atoms with Crippen LogP contribution in [0.2, 0.25) is 0 Å². The molecule has 3 aromatic rings. The summed E-state index contributed by atoms with van der Waals surface area (Å²) in [6.07, 6.45) is 1.65. The van der Waals surface area contributed by atoms with Gasteiger partial charge in [-0.3, -0.25) is 4.79 Å². The zero-order chi connectivity index (χ0) is 14.3. The van der Waals surface area contributed by atoms with Crippen molar-refractivity contribution in [2.75, 3.05) is 11.1 Å². The molecule has 2 aromatic heterocycles. The lowest BCUT2D eigenvalue weighted by atomic mass is 10.2. The highest BCUT2D eigenvalue weighted by molar-refractivity contribution is 5.84. The minimum Gasteiger partial charge on any atom is -0.353 e. The third-order valence-electron chi connectivity index (χ3n) is 3.03. The summed E-state index contributed by atoms with van der Waals surface area (Å²) in [5.74, 6) is 0.907. The van der Waals surface area contributed by atoms with Crippen LogP contribution in [0, 0.1) is 0 Å².